The average Bonchev–Trinajstić information content (AvgIpc) is 3.16. The number of aromatic nitrogens is 1. The quantitative estimate of drug-likeness (QED) is 0.485. The number of hydrogen-bond donors (Lipinski definition) is 3. The number of rotatable bonds is 8. The molecule has 2 saturated heterocycles. The summed E-state index contributed by atoms with van der Waals surface area (Å²) in [6, 6.07) is 5.30. The first kappa shape index (κ1) is 25.1. The number of aliphatic hydroxyl groups excluding tert-OH is 1. The maximum Gasteiger partial charge on any atom is 0.433 e. The highest BCUT2D eigenvalue weighted by Crippen LogP contribution is 2.35. The van der Waals surface area contributed by atoms with Gasteiger partial charge in [-0.15, -0.1) is 0 Å². The molecule has 0 radical (unpaired) electrons. The number of pyridine rings is 1. The van der Waals surface area contributed by atoms with Gasteiger partial charge < -0.3 is 9.84 Å². The van der Waals surface area contributed by atoms with E-state index in [0.717, 1.165) is 44.8 Å². The van der Waals surface area contributed by atoms with E-state index in [1.165, 1.54) is 0 Å². The van der Waals surface area contributed by atoms with Gasteiger partial charge in [0.2, 0.25) is 5.88 Å². The summed E-state index contributed by atoms with van der Waals surface area (Å²) < 4.78 is 46.3. The molecule has 2 aliphatic heterocycles. The summed E-state index contributed by atoms with van der Waals surface area (Å²) in [5.74, 6) is 0.0169. The van der Waals surface area contributed by atoms with Crippen molar-refractivity contribution >= 4 is 0 Å². The third kappa shape index (κ3) is 5.98. The van der Waals surface area contributed by atoms with Crippen LogP contribution in [-0.4, -0.2) is 76.9 Å². The summed E-state index contributed by atoms with van der Waals surface area (Å²) in [5.41, 5.74) is 5.47. The third-order valence-corrected chi connectivity index (χ3v) is 7.07. The van der Waals surface area contributed by atoms with E-state index in [-0.39, 0.29) is 17.5 Å². The Morgan fingerprint density at radius 1 is 1.24 bits per heavy atom. The molecule has 11 heteroatoms. The van der Waals surface area contributed by atoms with Crippen LogP contribution in [0.15, 0.2) is 12.1 Å². The second-order valence-corrected chi connectivity index (χ2v) is 9.82. The van der Waals surface area contributed by atoms with E-state index in [9.17, 15) is 18.3 Å². The number of hydrogen-bond acceptors (Lipinski definition) is 8. The minimum Gasteiger partial charge on any atom is -0.474 e. The van der Waals surface area contributed by atoms with Crippen LogP contribution in [0.4, 0.5) is 13.2 Å². The molecule has 0 spiro atoms. The Labute approximate surface area is 198 Å². The van der Waals surface area contributed by atoms with Gasteiger partial charge >= 0.3 is 6.18 Å². The van der Waals surface area contributed by atoms with Crippen LogP contribution in [0.3, 0.4) is 0 Å². The van der Waals surface area contributed by atoms with Crippen LogP contribution < -0.4 is 15.6 Å². The number of likely N-dealkylation sites (tertiary alicyclic amines) is 2. The van der Waals surface area contributed by atoms with Crippen molar-refractivity contribution in [1.29, 1.82) is 5.26 Å². The molecule has 3 aliphatic rings. The molecule has 34 heavy (non-hydrogen) atoms. The number of alkyl halides is 3. The molecule has 0 aromatic carbocycles. The van der Waals surface area contributed by atoms with E-state index in [2.05, 4.69) is 26.8 Å². The summed E-state index contributed by atoms with van der Waals surface area (Å²) in [6.07, 6.45) is -0.810. The molecule has 0 amide bonds. The van der Waals surface area contributed by atoms with Crippen LogP contribution >= 0.6 is 0 Å². The molecule has 1 atom stereocenters. The van der Waals surface area contributed by atoms with Gasteiger partial charge in [0.15, 0.2) is 0 Å². The largest absolute Gasteiger partial charge is 0.474 e. The Balaban J connectivity index is 1.34. The normalized spacial score (nSPS) is 27.8. The highest BCUT2D eigenvalue weighted by atomic mass is 19.4. The van der Waals surface area contributed by atoms with E-state index in [1.807, 2.05) is 4.90 Å². The van der Waals surface area contributed by atoms with E-state index in [1.54, 1.807) is 13.1 Å². The number of nitriles is 1. The summed E-state index contributed by atoms with van der Waals surface area (Å²) in [5, 5.41) is 18.8. The summed E-state index contributed by atoms with van der Waals surface area (Å²) in [6.45, 7) is 3.02. The zero-order chi connectivity index (χ0) is 24.3. The van der Waals surface area contributed by atoms with Gasteiger partial charge in [-0.2, -0.15) is 18.4 Å². The van der Waals surface area contributed by atoms with Crippen LogP contribution in [-0.2, 0) is 12.7 Å². The second-order valence-electron chi connectivity index (χ2n) is 9.82. The summed E-state index contributed by atoms with van der Waals surface area (Å²) >= 11 is 0. The molecule has 0 unspecified atom stereocenters. The molecule has 8 nitrogen and oxygen atoms in total. The first-order valence-electron chi connectivity index (χ1n) is 11.9. The lowest BCUT2D eigenvalue weighted by Gasteiger charge is -2.53. The number of nitrogens with zero attached hydrogens (tertiary/aromatic N) is 4. The Bertz CT molecular complexity index is 878. The summed E-state index contributed by atoms with van der Waals surface area (Å²) in [7, 11) is 1.80. The number of nitrogens with one attached hydrogen (secondary N) is 2. The molecule has 3 fully saturated rings. The zero-order valence-electron chi connectivity index (χ0n) is 19.4. The molecule has 1 saturated carbocycles. The first-order chi connectivity index (χ1) is 16.2. The van der Waals surface area contributed by atoms with E-state index in [0.29, 0.717) is 44.1 Å². The van der Waals surface area contributed by atoms with Crippen LogP contribution in [0.25, 0.3) is 0 Å². The van der Waals surface area contributed by atoms with E-state index < -0.39 is 18.0 Å². The lowest BCUT2D eigenvalue weighted by molar-refractivity contribution is -0.141. The number of β-amino-alcohol motifs (C(OH)–C–C–N with tert-alkyl or cyclic N) is 1. The van der Waals surface area contributed by atoms with Crippen molar-refractivity contribution in [3.05, 3.63) is 23.4 Å². The van der Waals surface area contributed by atoms with Crippen molar-refractivity contribution < 1.29 is 23.0 Å². The highest BCUT2D eigenvalue weighted by molar-refractivity contribution is 5.27. The van der Waals surface area contributed by atoms with Gasteiger partial charge in [0.25, 0.3) is 0 Å². The van der Waals surface area contributed by atoms with E-state index >= 15 is 0 Å². The first-order valence-corrected chi connectivity index (χ1v) is 11.9. The van der Waals surface area contributed by atoms with E-state index in [4.69, 9.17) is 10.00 Å². The van der Waals surface area contributed by atoms with Gasteiger partial charge in [0, 0.05) is 44.8 Å². The average molecular weight is 483 g/mol. The molecule has 3 N–H and O–H groups in total. The molecule has 1 aliphatic carbocycles. The molecule has 1 aromatic rings. The predicted octanol–water partition coefficient (Wildman–Crippen LogP) is 2.05. The maximum absolute atomic E-state index is 13.5. The van der Waals surface area contributed by atoms with Gasteiger partial charge in [-0.1, -0.05) is 0 Å². The van der Waals surface area contributed by atoms with Gasteiger partial charge in [0.1, 0.15) is 11.8 Å². The minimum atomic E-state index is -4.55. The highest BCUT2D eigenvalue weighted by Gasteiger charge is 2.46. The van der Waals surface area contributed by atoms with Crippen molar-refractivity contribution in [2.45, 2.75) is 75.0 Å². The fraction of sp³-hybridized carbons (Fsp3) is 0.739. The molecular formula is C23H33F3N6O2. The molecule has 1 aromatic heterocycles. The second kappa shape index (κ2) is 10.3. The van der Waals surface area contributed by atoms with Crippen LogP contribution in [0, 0.1) is 11.3 Å². The smallest absolute Gasteiger partial charge is 0.433 e. The molecular weight excluding hydrogens is 449 g/mol. The number of hydrazine groups is 1. The maximum atomic E-state index is 13.5. The van der Waals surface area contributed by atoms with Crippen molar-refractivity contribution in [2.75, 3.05) is 33.2 Å². The molecule has 188 valence electrons. The Kier molecular flexibility index (Phi) is 7.64. The van der Waals surface area contributed by atoms with Gasteiger partial charge in [-0.25, -0.2) is 10.4 Å². The predicted molar refractivity (Wildman–Crippen MR) is 119 cm³/mol. The lowest BCUT2D eigenvalue weighted by atomic mass is 9.82. The van der Waals surface area contributed by atoms with Crippen molar-refractivity contribution in [1.82, 2.24) is 25.6 Å². The van der Waals surface area contributed by atoms with Crippen molar-refractivity contribution in [3.8, 4) is 11.9 Å². The fourth-order valence-electron chi connectivity index (χ4n) is 5.41. The van der Waals surface area contributed by atoms with Crippen molar-refractivity contribution in [2.24, 2.45) is 0 Å². The molecule has 3 heterocycles. The number of aliphatic hydroxyl groups is 1. The topological polar surface area (TPSA) is 96.7 Å². The summed E-state index contributed by atoms with van der Waals surface area (Å²) in [4.78, 5) is 8.06. The number of halogens is 3. The monoisotopic (exact) mass is 482 g/mol. The standard InChI is InChI=1S/C23H33F3N6O2/c1-28-30-22(7-8-27)14-32(15-22)17-2-4-19(5-3-17)34-21-11-16(10-20(29-21)23(24,25)26)12-31-9-6-18(33)13-31/h10-11,17-19,28,30,33H,2-7,9,12-15H2,1H3/t17-,18-,19+/m0/s1. The fourth-order valence-corrected chi connectivity index (χ4v) is 5.41. The molecule has 0 bridgehead atoms. The van der Waals surface area contributed by atoms with Crippen LogP contribution in [0.1, 0.15) is 49.8 Å². The van der Waals surface area contributed by atoms with Gasteiger partial charge in [-0.05, 0) is 50.8 Å². The Morgan fingerprint density at radius 3 is 2.56 bits per heavy atom. The number of ether oxygens (including phenoxy) is 1. The molecule has 4 rings (SSSR count). The Morgan fingerprint density at radius 2 is 1.97 bits per heavy atom. The van der Waals surface area contributed by atoms with Gasteiger partial charge in [-0.3, -0.25) is 15.2 Å². The SMILES string of the molecule is CNNC1(CC#N)CN([C@H]2CC[C@@H](Oc3cc(CN4CC[C@H](O)C4)cc(C(F)(F)F)n3)CC2)C1. The van der Waals surface area contributed by atoms with Crippen molar-refractivity contribution in [3.63, 3.8) is 0 Å². The van der Waals surface area contributed by atoms with Gasteiger partial charge in [0.05, 0.1) is 24.1 Å². The van der Waals surface area contributed by atoms with Crippen LogP contribution in [0.2, 0.25) is 0 Å². The van der Waals surface area contributed by atoms with Crippen LogP contribution in [0.5, 0.6) is 5.88 Å². The minimum absolute atomic E-state index is 0.0169. The third-order valence-electron chi connectivity index (χ3n) is 7.07. The lowest BCUT2D eigenvalue weighted by Crippen LogP contribution is -2.73. The zero-order valence-corrected chi connectivity index (χ0v) is 19.4. The Hall–Kier alpha value is -1.97.